The molecule has 5 heteroatoms. The molecule has 1 fully saturated rings. The van der Waals surface area contributed by atoms with Crippen molar-refractivity contribution < 1.29 is 9.84 Å². The van der Waals surface area contributed by atoms with Crippen LogP contribution in [0.2, 0.25) is 0 Å². The fourth-order valence-corrected chi connectivity index (χ4v) is 3.59. The molecule has 0 amide bonds. The SMILES string of the molecule is Oc1c(Br)cc(CNCCOC2CCCC2)cc1Br. The Bertz CT molecular complexity index is 397. The summed E-state index contributed by atoms with van der Waals surface area (Å²) in [7, 11) is 0. The Balaban J connectivity index is 1.67. The lowest BCUT2D eigenvalue weighted by Crippen LogP contribution is -2.21. The fraction of sp³-hybridized carbons (Fsp3) is 0.571. The molecule has 1 aromatic carbocycles. The van der Waals surface area contributed by atoms with Crippen LogP contribution in [0.25, 0.3) is 0 Å². The summed E-state index contributed by atoms with van der Waals surface area (Å²) >= 11 is 6.66. The normalized spacial score (nSPS) is 16.1. The molecule has 0 spiro atoms. The second kappa shape index (κ2) is 7.62. The van der Waals surface area contributed by atoms with Crippen LogP contribution in [-0.2, 0) is 11.3 Å². The molecule has 0 aromatic heterocycles. The monoisotopic (exact) mass is 391 g/mol. The van der Waals surface area contributed by atoms with Crippen molar-refractivity contribution in [1.29, 1.82) is 0 Å². The molecule has 19 heavy (non-hydrogen) atoms. The van der Waals surface area contributed by atoms with Gasteiger partial charge in [0.1, 0.15) is 5.75 Å². The van der Waals surface area contributed by atoms with E-state index in [-0.39, 0.29) is 5.75 Å². The van der Waals surface area contributed by atoms with Gasteiger partial charge in [0.2, 0.25) is 0 Å². The molecule has 0 atom stereocenters. The summed E-state index contributed by atoms with van der Waals surface area (Å²) in [5.41, 5.74) is 1.12. The van der Waals surface area contributed by atoms with Gasteiger partial charge in [0.25, 0.3) is 0 Å². The second-order valence-electron chi connectivity index (χ2n) is 4.86. The van der Waals surface area contributed by atoms with Crippen LogP contribution in [0.1, 0.15) is 31.2 Å². The molecule has 1 aromatic rings. The average molecular weight is 393 g/mol. The van der Waals surface area contributed by atoms with Crippen LogP contribution < -0.4 is 5.32 Å². The number of halogens is 2. The lowest BCUT2D eigenvalue weighted by molar-refractivity contribution is 0.0602. The van der Waals surface area contributed by atoms with Gasteiger partial charge in [-0.2, -0.15) is 0 Å². The molecule has 0 heterocycles. The molecule has 1 aliphatic rings. The van der Waals surface area contributed by atoms with Gasteiger partial charge in [-0.25, -0.2) is 0 Å². The van der Waals surface area contributed by atoms with Crippen molar-refractivity contribution in [2.75, 3.05) is 13.2 Å². The maximum atomic E-state index is 9.63. The highest BCUT2D eigenvalue weighted by Crippen LogP contribution is 2.33. The lowest BCUT2D eigenvalue weighted by atomic mass is 10.2. The van der Waals surface area contributed by atoms with E-state index in [1.165, 1.54) is 25.7 Å². The van der Waals surface area contributed by atoms with Gasteiger partial charge < -0.3 is 15.2 Å². The van der Waals surface area contributed by atoms with Gasteiger partial charge in [0.15, 0.2) is 0 Å². The Morgan fingerprint density at radius 2 is 1.84 bits per heavy atom. The molecular formula is C14H19Br2NO2. The van der Waals surface area contributed by atoms with Crippen LogP contribution in [0.4, 0.5) is 0 Å². The van der Waals surface area contributed by atoms with Crippen LogP contribution in [0.15, 0.2) is 21.1 Å². The summed E-state index contributed by atoms with van der Waals surface area (Å²) in [5.74, 6) is 0.244. The zero-order chi connectivity index (χ0) is 13.7. The minimum atomic E-state index is 0.244. The molecule has 0 radical (unpaired) electrons. The second-order valence-corrected chi connectivity index (χ2v) is 6.57. The van der Waals surface area contributed by atoms with E-state index < -0.39 is 0 Å². The lowest BCUT2D eigenvalue weighted by Gasteiger charge is -2.12. The van der Waals surface area contributed by atoms with E-state index >= 15 is 0 Å². The van der Waals surface area contributed by atoms with E-state index in [2.05, 4.69) is 37.2 Å². The van der Waals surface area contributed by atoms with E-state index in [9.17, 15) is 5.11 Å². The zero-order valence-electron chi connectivity index (χ0n) is 10.8. The van der Waals surface area contributed by atoms with Crippen molar-refractivity contribution in [3.63, 3.8) is 0 Å². The molecule has 1 saturated carbocycles. The van der Waals surface area contributed by atoms with Gasteiger partial charge >= 0.3 is 0 Å². The van der Waals surface area contributed by atoms with Crippen molar-refractivity contribution in [3.05, 3.63) is 26.6 Å². The van der Waals surface area contributed by atoms with E-state index in [0.717, 1.165) is 25.3 Å². The first-order valence-corrected chi connectivity index (χ1v) is 8.24. The van der Waals surface area contributed by atoms with E-state index in [4.69, 9.17) is 4.74 Å². The summed E-state index contributed by atoms with van der Waals surface area (Å²) in [5, 5.41) is 13.0. The molecule has 1 aliphatic carbocycles. The Labute approximate surface area is 131 Å². The summed E-state index contributed by atoms with van der Waals surface area (Å²) < 4.78 is 7.20. The number of aromatic hydroxyl groups is 1. The summed E-state index contributed by atoms with van der Waals surface area (Å²) in [4.78, 5) is 0. The van der Waals surface area contributed by atoms with Gasteiger partial charge in [0.05, 0.1) is 21.7 Å². The van der Waals surface area contributed by atoms with Crippen molar-refractivity contribution in [2.24, 2.45) is 0 Å². The van der Waals surface area contributed by atoms with Gasteiger partial charge in [-0.3, -0.25) is 0 Å². The largest absolute Gasteiger partial charge is 0.506 e. The zero-order valence-corrected chi connectivity index (χ0v) is 14.0. The van der Waals surface area contributed by atoms with Gasteiger partial charge in [-0.1, -0.05) is 12.8 Å². The third kappa shape index (κ3) is 4.74. The molecule has 0 unspecified atom stereocenters. The fourth-order valence-electron chi connectivity index (χ4n) is 2.31. The van der Waals surface area contributed by atoms with E-state index in [1.807, 2.05) is 12.1 Å². The van der Waals surface area contributed by atoms with Crippen molar-refractivity contribution in [3.8, 4) is 5.75 Å². The van der Waals surface area contributed by atoms with Crippen molar-refractivity contribution in [1.82, 2.24) is 5.32 Å². The maximum Gasteiger partial charge on any atom is 0.143 e. The average Bonchev–Trinajstić information content (AvgIpc) is 2.88. The number of phenols is 1. The number of hydrogen-bond acceptors (Lipinski definition) is 3. The van der Waals surface area contributed by atoms with Crippen LogP contribution in [0.5, 0.6) is 5.75 Å². The van der Waals surface area contributed by atoms with Crippen LogP contribution in [0.3, 0.4) is 0 Å². The molecule has 0 aliphatic heterocycles. The standard InChI is InChI=1S/C14H19Br2NO2/c15-12-7-10(8-13(16)14(12)18)9-17-5-6-19-11-3-1-2-4-11/h7-8,11,17-18H,1-6,9H2. The number of benzene rings is 1. The Morgan fingerprint density at radius 3 is 2.47 bits per heavy atom. The minimum Gasteiger partial charge on any atom is -0.506 e. The molecular weight excluding hydrogens is 374 g/mol. The highest BCUT2D eigenvalue weighted by molar-refractivity contribution is 9.11. The molecule has 0 saturated heterocycles. The number of nitrogens with one attached hydrogen (secondary N) is 1. The number of hydrogen-bond donors (Lipinski definition) is 2. The first-order valence-electron chi connectivity index (χ1n) is 6.66. The first-order chi connectivity index (χ1) is 9.16. The summed E-state index contributed by atoms with van der Waals surface area (Å²) in [6, 6.07) is 3.84. The molecule has 0 bridgehead atoms. The third-order valence-electron chi connectivity index (χ3n) is 3.34. The maximum absolute atomic E-state index is 9.63. The van der Waals surface area contributed by atoms with Gasteiger partial charge in [-0.15, -0.1) is 0 Å². The molecule has 2 N–H and O–H groups in total. The smallest absolute Gasteiger partial charge is 0.143 e. The molecule has 106 valence electrons. The number of ether oxygens (including phenoxy) is 1. The predicted molar refractivity (Wildman–Crippen MR) is 83.4 cm³/mol. The Hall–Kier alpha value is -0.100. The number of rotatable bonds is 6. The van der Waals surface area contributed by atoms with Gasteiger partial charge in [0, 0.05) is 13.1 Å². The quantitative estimate of drug-likeness (QED) is 0.719. The van der Waals surface area contributed by atoms with E-state index in [1.54, 1.807) is 0 Å². The summed E-state index contributed by atoms with van der Waals surface area (Å²) in [6.07, 6.45) is 5.55. The Morgan fingerprint density at radius 1 is 1.21 bits per heavy atom. The van der Waals surface area contributed by atoms with Crippen LogP contribution in [-0.4, -0.2) is 24.4 Å². The van der Waals surface area contributed by atoms with E-state index in [0.29, 0.717) is 15.0 Å². The van der Waals surface area contributed by atoms with Crippen LogP contribution in [0, 0.1) is 0 Å². The first kappa shape index (κ1) is 15.3. The van der Waals surface area contributed by atoms with Crippen molar-refractivity contribution >= 4 is 31.9 Å². The third-order valence-corrected chi connectivity index (χ3v) is 4.55. The highest BCUT2D eigenvalue weighted by Gasteiger charge is 2.14. The topological polar surface area (TPSA) is 41.5 Å². The minimum absolute atomic E-state index is 0.244. The van der Waals surface area contributed by atoms with Gasteiger partial charge in [-0.05, 0) is 62.4 Å². The van der Waals surface area contributed by atoms with Crippen molar-refractivity contribution in [2.45, 2.75) is 38.3 Å². The summed E-state index contributed by atoms with van der Waals surface area (Å²) in [6.45, 7) is 2.39. The Kier molecular flexibility index (Phi) is 6.13. The highest BCUT2D eigenvalue weighted by atomic mass is 79.9. The predicted octanol–water partition coefficient (Wildman–Crippen LogP) is 3.97. The van der Waals surface area contributed by atoms with Crippen LogP contribution >= 0.6 is 31.9 Å². The number of phenolic OH excluding ortho intramolecular Hbond substituents is 1. The molecule has 2 rings (SSSR count). The molecule has 3 nitrogen and oxygen atoms in total.